The number of hydrogen-bond acceptors (Lipinski definition) is 2. The predicted octanol–water partition coefficient (Wildman–Crippen LogP) is 3.76. The molecule has 4 heteroatoms. The molecule has 0 bridgehead atoms. The molecule has 0 aromatic heterocycles. The summed E-state index contributed by atoms with van der Waals surface area (Å²) in [5.41, 5.74) is 0. The number of benzene rings is 1. The van der Waals surface area contributed by atoms with Crippen molar-refractivity contribution in [3.8, 4) is 5.75 Å². The molecule has 0 heterocycles. The third kappa shape index (κ3) is 4.60. The second kappa shape index (κ2) is 7.77. The van der Waals surface area contributed by atoms with E-state index in [1.54, 1.807) is 6.07 Å². The molecule has 0 amide bonds. The molecule has 1 rings (SSSR count). The van der Waals surface area contributed by atoms with Crippen molar-refractivity contribution in [1.29, 1.82) is 0 Å². The summed E-state index contributed by atoms with van der Waals surface area (Å²) in [4.78, 5) is 0. The first-order chi connectivity index (χ1) is 7.75. The van der Waals surface area contributed by atoms with E-state index >= 15 is 0 Å². The van der Waals surface area contributed by atoms with E-state index in [2.05, 4.69) is 12.2 Å². The predicted molar refractivity (Wildman–Crippen MR) is 69.7 cm³/mol. The van der Waals surface area contributed by atoms with Crippen molar-refractivity contribution in [2.24, 2.45) is 0 Å². The molecule has 16 heavy (non-hydrogen) atoms. The van der Waals surface area contributed by atoms with Crippen LogP contribution >= 0.6 is 23.2 Å². The Morgan fingerprint density at radius 2 is 2.06 bits per heavy atom. The quantitative estimate of drug-likeness (QED) is 0.755. The van der Waals surface area contributed by atoms with Gasteiger partial charge in [-0.05, 0) is 38.1 Å². The van der Waals surface area contributed by atoms with E-state index in [0.717, 1.165) is 25.9 Å². The third-order valence-electron chi connectivity index (χ3n) is 2.10. The zero-order valence-corrected chi connectivity index (χ0v) is 10.9. The summed E-state index contributed by atoms with van der Waals surface area (Å²) in [7, 11) is 0. The molecule has 0 atom stereocenters. The molecule has 90 valence electrons. The van der Waals surface area contributed by atoms with Crippen LogP contribution in [0.3, 0.4) is 0 Å². The Kier molecular flexibility index (Phi) is 6.62. The van der Waals surface area contributed by atoms with Gasteiger partial charge in [0.1, 0.15) is 10.8 Å². The van der Waals surface area contributed by atoms with Gasteiger partial charge in [-0.15, -0.1) is 0 Å². The van der Waals surface area contributed by atoms with Gasteiger partial charge in [-0.3, -0.25) is 0 Å². The molecular formula is C12H17Cl2NO. The van der Waals surface area contributed by atoms with Gasteiger partial charge < -0.3 is 10.1 Å². The number of halogens is 2. The minimum absolute atomic E-state index is 0.491. The van der Waals surface area contributed by atoms with Crippen LogP contribution in [0.2, 0.25) is 10.0 Å². The van der Waals surface area contributed by atoms with Gasteiger partial charge in [0, 0.05) is 0 Å². The smallest absolute Gasteiger partial charge is 0.139 e. The Morgan fingerprint density at radius 3 is 2.81 bits per heavy atom. The molecule has 0 saturated heterocycles. The largest absolute Gasteiger partial charge is 0.492 e. The van der Waals surface area contributed by atoms with E-state index in [9.17, 15) is 0 Å². The van der Waals surface area contributed by atoms with Crippen molar-refractivity contribution in [1.82, 2.24) is 5.32 Å². The van der Waals surface area contributed by atoms with E-state index in [0.29, 0.717) is 22.4 Å². The van der Waals surface area contributed by atoms with Crippen LogP contribution in [0.25, 0.3) is 0 Å². The lowest BCUT2D eigenvalue weighted by atomic mass is 10.3. The monoisotopic (exact) mass is 261 g/mol. The lowest BCUT2D eigenvalue weighted by Crippen LogP contribution is -2.18. The van der Waals surface area contributed by atoms with Crippen LogP contribution < -0.4 is 10.1 Å². The van der Waals surface area contributed by atoms with Crippen molar-refractivity contribution >= 4 is 23.2 Å². The summed E-state index contributed by atoms with van der Waals surface area (Å²) in [6, 6.07) is 5.41. The fourth-order valence-corrected chi connectivity index (χ4v) is 1.62. The molecule has 0 unspecified atom stereocenters. The molecule has 1 aromatic rings. The van der Waals surface area contributed by atoms with E-state index in [-0.39, 0.29) is 0 Å². The van der Waals surface area contributed by atoms with Crippen LogP contribution in [0.5, 0.6) is 5.75 Å². The van der Waals surface area contributed by atoms with E-state index in [4.69, 9.17) is 27.9 Å². The SMILES string of the molecule is CCCNCCCOc1cccc(Cl)c1Cl. The average Bonchev–Trinajstić information content (AvgIpc) is 2.29. The molecule has 0 saturated carbocycles. The number of ether oxygens (including phenoxy) is 1. The van der Waals surface area contributed by atoms with Gasteiger partial charge in [0.15, 0.2) is 0 Å². The summed E-state index contributed by atoms with van der Waals surface area (Å²) in [5.74, 6) is 0.657. The summed E-state index contributed by atoms with van der Waals surface area (Å²) in [6.45, 7) is 4.82. The summed E-state index contributed by atoms with van der Waals surface area (Å²) >= 11 is 11.9. The molecule has 0 aliphatic carbocycles. The van der Waals surface area contributed by atoms with Crippen molar-refractivity contribution in [3.63, 3.8) is 0 Å². The molecule has 0 radical (unpaired) electrons. The van der Waals surface area contributed by atoms with Crippen molar-refractivity contribution in [2.45, 2.75) is 19.8 Å². The maximum absolute atomic E-state index is 5.98. The Labute approximate surface area is 107 Å². The first-order valence-electron chi connectivity index (χ1n) is 5.53. The van der Waals surface area contributed by atoms with Crippen molar-refractivity contribution < 1.29 is 4.74 Å². The summed E-state index contributed by atoms with van der Waals surface area (Å²) < 4.78 is 5.54. The molecule has 0 aliphatic rings. The number of rotatable bonds is 7. The highest BCUT2D eigenvalue weighted by Crippen LogP contribution is 2.31. The van der Waals surface area contributed by atoms with Crippen LogP contribution in [0.4, 0.5) is 0 Å². The lowest BCUT2D eigenvalue weighted by Gasteiger charge is -2.08. The van der Waals surface area contributed by atoms with Gasteiger partial charge in [-0.1, -0.05) is 36.2 Å². The molecular weight excluding hydrogens is 245 g/mol. The molecule has 0 fully saturated rings. The Hall–Kier alpha value is -0.440. The lowest BCUT2D eigenvalue weighted by molar-refractivity contribution is 0.308. The highest BCUT2D eigenvalue weighted by atomic mass is 35.5. The second-order valence-corrected chi connectivity index (χ2v) is 4.29. The number of hydrogen-bond donors (Lipinski definition) is 1. The number of nitrogens with one attached hydrogen (secondary N) is 1. The maximum atomic E-state index is 5.98. The molecule has 0 aliphatic heterocycles. The zero-order valence-electron chi connectivity index (χ0n) is 9.43. The van der Waals surface area contributed by atoms with Crippen LogP contribution in [0.1, 0.15) is 19.8 Å². The minimum atomic E-state index is 0.491. The van der Waals surface area contributed by atoms with Crippen LogP contribution in [-0.2, 0) is 0 Å². The Morgan fingerprint density at radius 1 is 1.25 bits per heavy atom. The van der Waals surface area contributed by atoms with Crippen LogP contribution in [0.15, 0.2) is 18.2 Å². The summed E-state index contributed by atoms with van der Waals surface area (Å²) in [6.07, 6.45) is 2.11. The molecule has 1 N–H and O–H groups in total. The fraction of sp³-hybridized carbons (Fsp3) is 0.500. The zero-order chi connectivity index (χ0) is 11.8. The molecule has 1 aromatic carbocycles. The topological polar surface area (TPSA) is 21.3 Å². The first kappa shape index (κ1) is 13.6. The van der Waals surface area contributed by atoms with Gasteiger partial charge in [0.2, 0.25) is 0 Å². The van der Waals surface area contributed by atoms with Gasteiger partial charge in [0.05, 0.1) is 11.6 Å². The normalized spacial score (nSPS) is 10.4. The van der Waals surface area contributed by atoms with Crippen molar-refractivity contribution in [3.05, 3.63) is 28.2 Å². The Bertz CT molecular complexity index is 318. The standard InChI is InChI=1S/C12H17Cl2NO/c1-2-7-15-8-4-9-16-11-6-3-5-10(13)12(11)14/h3,5-6,15H,2,4,7-9H2,1H3. The highest BCUT2D eigenvalue weighted by molar-refractivity contribution is 6.42. The minimum Gasteiger partial charge on any atom is -0.492 e. The van der Waals surface area contributed by atoms with Crippen molar-refractivity contribution in [2.75, 3.05) is 19.7 Å². The van der Waals surface area contributed by atoms with E-state index in [1.165, 1.54) is 0 Å². The fourth-order valence-electron chi connectivity index (χ4n) is 1.28. The molecule has 0 spiro atoms. The van der Waals surface area contributed by atoms with Gasteiger partial charge in [0.25, 0.3) is 0 Å². The second-order valence-electron chi connectivity index (χ2n) is 3.50. The van der Waals surface area contributed by atoms with Gasteiger partial charge in [-0.2, -0.15) is 0 Å². The Balaban J connectivity index is 2.24. The highest BCUT2D eigenvalue weighted by Gasteiger charge is 2.04. The molecule has 2 nitrogen and oxygen atoms in total. The van der Waals surface area contributed by atoms with Crippen LogP contribution in [0, 0.1) is 0 Å². The van der Waals surface area contributed by atoms with Gasteiger partial charge in [-0.25, -0.2) is 0 Å². The third-order valence-corrected chi connectivity index (χ3v) is 2.90. The van der Waals surface area contributed by atoms with E-state index in [1.807, 2.05) is 12.1 Å². The van der Waals surface area contributed by atoms with Crippen LogP contribution in [-0.4, -0.2) is 19.7 Å². The average molecular weight is 262 g/mol. The first-order valence-corrected chi connectivity index (χ1v) is 6.28. The maximum Gasteiger partial charge on any atom is 0.139 e. The van der Waals surface area contributed by atoms with E-state index < -0.39 is 0 Å². The summed E-state index contributed by atoms with van der Waals surface area (Å²) in [5, 5.41) is 4.33. The van der Waals surface area contributed by atoms with Gasteiger partial charge >= 0.3 is 0 Å².